The van der Waals surface area contributed by atoms with Crippen LogP contribution < -0.4 is 10.9 Å². The minimum absolute atomic E-state index is 0.198. The highest BCUT2D eigenvalue weighted by Crippen LogP contribution is 2.26. The molecular formula is C20H15N3O2. The maximum absolute atomic E-state index is 12.6. The van der Waals surface area contributed by atoms with Crippen LogP contribution in [0.25, 0.3) is 33.1 Å². The van der Waals surface area contributed by atoms with Gasteiger partial charge in [0.05, 0.1) is 16.7 Å². The number of carbonyl (C=O) groups is 1. The van der Waals surface area contributed by atoms with Gasteiger partial charge in [-0.1, -0.05) is 42.5 Å². The molecule has 0 radical (unpaired) electrons. The number of nitrogens with one attached hydrogen (secondary N) is 2. The number of nitrogens with zero attached hydrogens (tertiary/aromatic N) is 1. The summed E-state index contributed by atoms with van der Waals surface area (Å²) in [6.45, 7) is 1.43. The largest absolute Gasteiger partial charge is 0.326 e. The monoisotopic (exact) mass is 329 g/mol. The Kier molecular flexibility index (Phi) is 3.54. The number of hydrogen-bond acceptors (Lipinski definition) is 3. The molecule has 1 heterocycles. The number of benzene rings is 3. The first-order valence-electron chi connectivity index (χ1n) is 7.91. The molecule has 4 rings (SSSR count). The van der Waals surface area contributed by atoms with Gasteiger partial charge in [-0.25, -0.2) is 4.98 Å². The van der Waals surface area contributed by atoms with Crippen LogP contribution in [0.15, 0.2) is 65.5 Å². The van der Waals surface area contributed by atoms with Crippen LogP contribution >= 0.6 is 0 Å². The Morgan fingerprint density at radius 2 is 1.68 bits per heavy atom. The van der Waals surface area contributed by atoms with Crippen molar-refractivity contribution in [3.63, 3.8) is 0 Å². The Hall–Kier alpha value is -3.47. The van der Waals surface area contributed by atoms with Gasteiger partial charge in [0.1, 0.15) is 5.69 Å². The number of H-pyrrole nitrogens is 1. The third kappa shape index (κ3) is 2.76. The standard InChI is InChI=1S/C20H15N3O2/c1-12(24)21-16-9-5-4-8-15(16)19-20(25)23-18-11-14-7-3-2-6-13(14)10-17(18)22-19/h2-11H,1H3,(H,21,24)(H,23,25). The van der Waals surface area contributed by atoms with Crippen molar-refractivity contribution in [3.05, 3.63) is 71.0 Å². The second kappa shape index (κ2) is 5.87. The van der Waals surface area contributed by atoms with Gasteiger partial charge in [-0.05, 0) is 29.0 Å². The van der Waals surface area contributed by atoms with Crippen molar-refractivity contribution < 1.29 is 4.79 Å². The van der Waals surface area contributed by atoms with E-state index >= 15 is 0 Å². The van der Waals surface area contributed by atoms with E-state index in [2.05, 4.69) is 15.3 Å². The van der Waals surface area contributed by atoms with Gasteiger partial charge in [0.2, 0.25) is 5.91 Å². The smallest absolute Gasteiger partial charge is 0.275 e. The van der Waals surface area contributed by atoms with Crippen LogP contribution in [0.3, 0.4) is 0 Å². The van der Waals surface area contributed by atoms with Gasteiger partial charge in [-0.2, -0.15) is 0 Å². The zero-order valence-corrected chi connectivity index (χ0v) is 13.5. The number of aromatic nitrogens is 2. The topological polar surface area (TPSA) is 74.8 Å². The fraction of sp³-hybridized carbons (Fsp3) is 0.0500. The van der Waals surface area contributed by atoms with E-state index in [-0.39, 0.29) is 17.2 Å². The number of aromatic amines is 1. The van der Waals surface area contributed by atoms with Crippen LogP contribution in [0.1, 0.15) is 6.92 Å². The molecule has 0 bridgehead atoms. The van der Waals surface area contributed by atoms with Crippen LogP contribution in [-0.2, 0) is 4.79 Å². The summed E-state index contributed by atoms with van der Waals surface area (Å²) in [5, 5.41) is 4.84. The zero-order chi connectivity index (χ0) is 17.4. The molecule has 0 aliphatic rings. The van der Waals surface area contributed by atoms with Gasteiger partial charge in [0, 0.05) is 12.5 Å². The van der Waals surface area contributed by atoms with E-state index in [9.17, 15) is 9.59 Å². The first-order valence-corrected chi connectivity index (χ1v) is 7.91. The van der Waals surface area contributed by atoms with E-state index in [1.807, 2.05) is 42.5 Å². The van der Waals surface area contributed by atoms with Gasteiger partial charge in [-0.15, -0.1) is 0 Å². The van der Waals surface area contributed by atoms with Gasteiger partial charge in [-0.3, -0.25) is 9.59 Å². The van der Waals surface area contributed by atoms with Crippen molar-refractivity contribution in [1.29, 1.82) is 0 Å². The molecule has 0 saturated carbocycles. The van der Waals surface area contributed by atoms with Crippen molar-refractivity contribution in [2.75, 3.05) is 5.32 Å². The van der Waals surface area contributed by atoms with E-state index in [1.165, 1.54) is 6.92 Å². The molecule has 0 atom stereocenters. The van der Waals surface area contributed by atoms with Gasteiger partial charge < -0.3 is 10.3 Å². The third-order valence-electron chi connectivity index (χ3n) is 4.05. The molecule has 3 aromatic carbocycles. The van der Waals surface area contributed by atoms with Crippen LogP contribution in [0.2, 0.25) is 0 Å². The average molecular weight is 329 g/mol. The summed E-state index contributed by atoms with van der Waals surface area (Å²) in [6, 6.07) is 18.9. The summed E-state index contributed by atoms with van der Waals surface area (Å²) in [5.74, 6) is -0.198. The SMILES string of the molecule is CC(=O)Nc1ccccc1-c1nc2cc3ccccc3cc2[nH]c1=O. The molecule has 1 amide bonds. The molecule has 4 aromatic rings. The van der Waals surface area contributed by atoms with Crippen LogP contribution in [0, 0.1) is 0 Å². The second-order valence-corrected chi connectivity index (χ2v) is 5.86. The van der Waals surface area contributed by atoms with Gasteiger partial charge >= 0.3 is 0 Å². The van der Waals surface area contributed by atoms with Crippen molar-refractivity contribution >= 4 is 33.4 Å². The number of anilines is 1. The molecule has 0 aliphatic heterocycles. The molecule has 2 N–H and O–H groups in total. The Labute approximate surface area is 143 Å². The molecule has 5 nitrogen and oxygen atoms in total. The van der Waals surface area contributed by atoms with Gasteiger partial charge in [0.15, 0.2) is 0 Å². The highest BCUT2D eigenvalue weighted by Gasteiger charge is 2.13. The molecular weight excluding hydrogens is 314 g/mol. The first kappa shape index (κ1) is 15.1. The molecule has 0 unspecified atom stereocenters. The third-order valence-corrected chi connectivity index (χ3v) is 4.05. The molecule has 5 heteroatoms. The molecule has 122 valence electrons. The summed E-state index contributed by atoms with van der Waals surface area (Å²) in [6.07, 6.45) is 0. The second-order valence-electron chi connectivity index (χ2n) is 5.86. The fourth-order valence-electron chi connectivity index (χ4n) is 2.94. The number of hydrogen-bond donors (Lipinski definition) is 2. The molecule has 1 aromatic heterocycles. The van der Waals surface area contributed by atoms with Crippen LogP contribution in [-0.4, -0.2) is 15.9 Å². The summed E-state index contributed by atoms with van der Waals surface area (Å²) in [7, 11) is 0. The minimum Gasteiger partial charge on any atom is -0.326 e. The first-order chi connectivity index (χ1) is 12.1. The number of carbonyl (C=O) groups excluding carboxylic acids is 1. The Balaban J connectivity index is 1.97. The van der Waals surface area contributed by atoms with Crippen molar-refractivity contribution in [2.24, 2.45) is 0 Å². The van der Waals surface area contributed by atoms with E-state index < -0.39 is 0 Å². The van der Waals surface area contributed by atoms with Gasteiger partial charge in [0.25, 0.3) is 5.56 Å². The lowest BCUT2D eigenvalue weighted by Gasteiger charge is -2.10. The number of amides is 1. The average Bonchev–Trinajstić information content (AvgIpc) is 2.60. The summed E-state index contributed by atoms with van der Waals surface area (Å²) in [4.78, 5) is 31.5. The van der Waals surface area contributed by atoms with Crippen molar-refractivity contribution in [3.8, 4) is 11.3 Å². The summed E-state index contributed by atoms with van der Waals surface area (Å²) < 4.78 is 0. The van der Waals surface area contributed by atoms with E-state index in [0.717, 1.165) is 10.8 Å². The highest BCUT2D eigenvalue weighted by molar-refractivity contribution is 5.96. The van der Waals surface area contributed by atoms with Crippen molar-refractivity contribution in [2.45, 2.75) is 6.92 Å². The van der Waals surface area contributed by atoms with E-state index in [0.29, 0.717) is 22.3 Å². The zero-order valence-electron chi connectivity index (χ0n) is 13.5. The minimum atomic E-state index is -0.291. The lowest BCUT2D eigenvalue weighted by Crippen LogP contribution is -2.14. The normalized spacial score (nSPS) is 10.9. The Bertz CT molecular complexity index is 1180. The van der Waals surface area contributed by atoms with E-state index in [4.69, 9.17) is 0 Å². The Morgan fingerprint density at radius 3 is 2.44 bits per heavy atom. The predicted molar refractivity (Wildman–Crippen MR) is 99.6 cm³/mol. The highest BCUT2D eigenvalue weighted by atomic mass is 16.1. The number of rotatable bonds is 2. The number of para-hydroxylation sites is 1. The molecule has 25 heavy (non-hydrogen) atoms. The van der Waals surface area contributed by atoms with Crippen LogP contribution in [0.5, 0.6) is 0 Å². The number of fused-ring (bicyclic) bond motifs is 2. The maximum atomic E-state index is 12.6. The molecule has 0 spiro atoms. The van der Waals surface area contributed by atoms with E-state index in [1.54, 1.807) is 18.2 Å². The molecule has 0 aliphatic carbocycles. The lowest BCUT2D eigenvalue weighted by atomic mass is 10.1. The fourth-order valence-corrected chi connectivity index (χ4v) is 2.94. The van der Waals surface area contributed by atoms with Crippen molar-refractivity contribution in [1.82, 2.24) is 9.97 Å². The quantitative estimate of drug-likeness (QED) is 0.551. The summed E-state index contributed by atoms with van der Waals surface area (Å²) >= 11 is 0. The maximum Gasteiger partial charge on any atom is 0.275 e. The molecule has 0 saturated heterocycles. The lowest BCUT2D eigenvalue weighted by molar-refractivity contribution is -0.114. The molecule has 0 fully saturated rings. The Morgan fingerprint density at radius 1 is 1.00 bits per heavy atom. The summed E-state index contributed by atoms with van der Waals surface area (Å²) in [5.41, 5.74) is 2.53. The predicted octanol–water partition coefficient (Wildman–Crippen LogP) is 3.70. The van der Waals surface area contributed by atoms with Crippen LogP contribution in [0.4, 0.5) is 5.69 Å².